The second-order valence-electron chi connectivity index (χ2n) is 6.58. The summed E-state index contributed by atoms with van der Waals surface area (Å²) in [6.45, 7) is 7.48. The molecule has 2 aromatic carbocycles. The number of fused-ring (bicyclic) bond motifs is 1. The highest BCUT2D eigenvalue weighted by Crippen LogP contribution is 2.37. The topological polar surface area (TPSA) is 38.7 Å². The molecule has 0 spiro atoms. The molecule has 3 rings (SSSR count). The van der Waals surface area contributed by atoms with Crippen LogP contribution in [-0.2, 0) is 9.31 Å². The number of hydrogen-bond donors (Lipinski definition) is 1. The molecule has 0 aromatic heterocycles. The summed E-state index contributed by atoms with van der Waals surface area (Å²) in [5.74, 6) is -1.97. The minimum atomic E-state index is -0.970. The molecule has 0 saturated carbocycles. The van der Waals surface area contributed by atoms with Crippen LogP contribution in [0.25, 0.3) is 10.8 Å². The minimum absolute atomic E-state index is 0.0526. The van der Waals surface area contributed by atoms with Crippen molar-refractivity contribution in [1.82, 2.24) is 0 Å². The van der Waals surface area contributed by atoms with Crippen molar-refractivity contribution in [2.75, 3.05) is 0 Å². The quantitative estimate of drug-likeness (QED) is 0.823. The van der Waals surface area contributed by atoms with Gasteiger partial charge in [-0.2, -0.15) is 0 Å². The first-order chi connectivity index (χ1) is 10.1. The van der Waals surface area contributed by atoms with Crippen LogP contribution < -0.4 is 5.46 Å². The summed E-state index contributed by atoms with van der Waals surface area (Å²) in [4.78, 5) is 0. The maximum absolute atomic E-state index is 14.3. The minimum Gasteiger partial charge on any atom is -0.508 e. The van der Waals surface area contributed by atoms with Gasteiger partial charge in [-0.25, -0.2) is 8.78 Å². The summed E-state index contributed by atoms with van der Waals surface area (Å²) >= 11 is 0. The Morgan fingerprint density at radius 2 is 1.59 bits per heavy atom. The van der Waals surface area contributed by atoms with Gasteiger partial charge in [-0.15, -0.1) is 0 Å². The van der Waals surface area contributed by atoms with E-state index >= 15 is 0 Å². The lowest BCUT2D eigenvalue weighted by molar-refractivity contribution is 0.00578. The molecule has 1 aliphatic rings. The third-order valence-corrected chi connectivity index (χ3v) is 4.53. The van der Waals surface area contributed by atoms with Gasteiger partial charge in [0.2, 0.25) is 0 Å². The van der Waals surface area contributed by atoms with E-state index in [0.717, 1.165) is 6.07 Å². The van der Waals surface area contributed by atoms with Crippen LogP contribution in [0.4, 0.5) is 8.78 Å². The number of halogens is 2. The lowest BCUT2D eigenvalue weighted by atomic mass is 9.75. The first-order valence-corrected chi connectivity index (χ1v) is 7.09. The Morgan fingerprint density at radius 1 is 1.00 bits per heavy atom. The SMILES string of the molecule is CC1(C)OB(c2cc(O)cc3ccc(F)c(F)c23)OC1(C)C. The molecule has 116 valence electrons. The van der Waals surface area contributed by atoms with Gasteiger partial charge in [-0.05, 0) is 56.7 Å². The van der Waals surface area contributed by atoms with Crippen LogP contribution >= 0.6 is 0 Å². The fourth-order valence-corrected chi connectivity index (χ4v) is 2.57. The highest BCUT2D eigenvalue weighted by Gasteiger charge is 2.52. The van der Waals surface area contributed by atoms with Gasteiger partial charge >= 0.3 is 7.12 Å². The molecule has 1 saturated heterocycles. The molecular formula is C16H17BF2O3. The second-order valence-corrected chi connectivity index (χ2v) is 6.58. The van der Waals surface area contributed by atoms with Gasteiger partial charge in [-0.1, -0.05) is 6.07 Å². The van der Waals surface area contributed by atoms with Crippen molar-refractivity contribution in [1.29, 1.82) is 0 Å². The van der Waals surface area contributed by atoms with Crippen LogP contribution in [-0.4, -0.2) is 23.4 Å². The standard InChI is InChI=1S/C16H17BF2O3/c1-15(2)16(3,4)22-17(21-15)11-8-10(20)7-9-5-6-12(18)14(19)13(9)11/h5-8,20H,1-4H3. The number of phenolic OH excluding ortho intramolecular Hbond substituents is 1. The Bertz CT molecular complexity index is 743. The molecule has 1 fully saturated rings. The van der Waals surface area contributed by atoms with E-state index in [1.54, 1.807) is 0 Å². The van der Waals surface area contributed by atoms with Crippen molar-refractivity contribution in [2.45, 2.75) is 38.9 Å². The van der Waals surface area contributed by atoms with Crippen molar-refractivity contribution < 1.29 is 23.2 Å². The first kappa shape index (κ1) is 15.2. The molecular weight excluding hydrogens is 289 g/mol. The van der Waals surface area contributed by atoms with Crippen LogP contribution in [0.15, 0.2) is 24.3 Å². The van der Waals surface area contributed by atoms with Crippen molar-refractivity contribution in [3.63, 3.8) is 0 Å². The van der Waals surface area contributed by atoms with Crippen molar-refractivity contribution in [3.8, 4) is 5.75 Å². The summed E-state index contributed by atoms with van der Waals surface area (Å²) in [6, 6.07) is 5.19. The zero-order valence-corrected chi connectivity index (χ0v) is 12.9. The molecule has 22 heavy (non-hydrogen) atoms. The van der Waals surface area contributed by atoms with Crippen molar-refractivity contribution in [2.24, 2.45) is 0 Å². The monoisotopic (exact) mass is 306 g/mol. The van der Waals surface area contributed by atoms with Gasteiger partial charge < -0.3 is 14.4 Å². The summed E-state index contributed by atoms with van der Waals surface area (Å²) in [5, 5.41) is 10.3. The van der Waals surface area contributed by atoms with Gasteiger partial charge in [0.05, 0.1) is 11.2 Å². The summed E-state index contributed by atoms with van der Waals surface area (Å²) in [6.07, 6.45) is 0. The van der Waals surface area contributed by atoms with E-state index in [2.05, 4.69) is 0 Å². The van der Waals surface area contributed by atoms with Crippen LogP contribution in [0, 0.1) is 11.6 Å². The molecule has 0 aliphatic carbocycles. The molecule has 0 bridgehead atoms. The zero-order chi connectivity index (χ0) is 16.3. The molecule has 0 atom stereocenters. The van der Waals surface area contributed by atoms with Gasteiger partial charge in [-0.3, -0.25) is 0 Å². The average Bonchev–Trinajstić information content (AvgIpc) is 2.62. The molecule has 6 heteroatoms. The average molecular weight is 306 g/mol. The number of benzene rings is 2. The highest BCUT2D eigenvalue weighted by atomic mass is 19.2. The van der Waals surface area contributed by atoms with Crippen molar-refractivity contribution >= 4 is 23.4 Å². The largest absolute Gasteiger partial charge is 0.508 e. The molecule has 1 heterocycles. The van der Waals surface area contributed by atoms with Crippen molar-refractivity contribution in [3.05, 3.63) is 35.9 Å². The molecule has 0 unspecified atom stereocenters. The van der Waals surface area contributed by atoms with Crippen LogP contribution in [0.1, 0.15) is 27.7 Å². The molecule has 2 aromatic rings. The fraction of sp³-hybridized carbons (Fsp3) is 0.375. The van der Waals surface area contributed by atoms with E-state index in [-0.39, 0.29) is 16.6 Å². The molecule has 0 amide bonds. The number of aromatic hydroxyl groups is 1. The Kier molecular flexibility index (Phi) is 3.24. The van der Waals surface area contributed by atoms with E-state index in [4.69, 9.17) is 9.31 Å². The highest BCUT2D eigenvalue weighted by molar-refractivity contribution is 6.65. The van der Waals surface area contributed by atoms with E-state index in [0.29, 0.717) is 5.39 Å². The molecule has 1 N–H and O–H groups in total. The number of hydrogen-bond acceptors (Lipinski definition) is 3. The smallest absolute Gasteiger partial charge is 0.495 e. The predicted molar refractivity (Wildman–Crippen MR) is 81.2 cm³/mol. The fourth-order valence-electron chi connectivity index (χ4n) is 2.57. The molecule has 3 nitrogen and oxygen atoms in total. The third-order valence-electron chi connectivity index (χ3n) is 4.53. The van der Waals surface area contributed by atoms with Gasteiger partial charge in [0.15, 0.2) is 11.6 Å². The second kappa shape index (κ2) is 4.67. The molecule has 0 radical (unpaired) electrons. The lowest BCUT2D eigenvalue weighted by Gasteiger charge is -2.32. The molecule has 1 aliphatic heterocycles. The lowest BCUT2D eigenvalue weighted by Crippen LogP contribution is -2.41. The summed E-state index contributed by atoms with van der Waals surface area (Å²) in [7, 11) is -0.879. The summed E-state index contributed by atoms with van der Waals surface area (Å²) < 4.78 is 39.6. The summed E-state index contributed by atoms with van der Waals surface area (Å²) in [5.41, 5.74) is -0.941. The Labute approximate surface area is 128 Å². The Morgan fingerprint density at radius 3 is 2.18 bits per heavy atom. The van der Waals surface area contributed by atoms with E-state index in [9.17, 15) is 13.9 Å². The Hall–Kier alpha value is -1.66. The first-order valence-electron chi connectivity index (χ1n) is 7.09. The van der Waals surface area contributed by atoms with E-state index in [1.165, 1.54) is 18.2 Å². The number of phenols is 1. The maximum atomic E-state index is 14.3. The van der Waals surface area contributed by atoms with Gasteiger partial charge in [0, 0.05) is 5.39 Å². The normalized spacial score (nSPS) is 19.8. The van der Waals surface area contributed by atoms with Crippen LogP contribution in [0.5, 0.6) is 5.75 Å². The number of rotatable bonds is 1. The van der Waals surface area contributed by atoms with Gasteiger partial charge in [0.1, 0.15) is 5.75 Å². The third kappa shape index (κ3) is 2.18. The Balaban J connectivity index is 2.22. The maximum Gasteiger partial charge on any atom is 0.495 e. The predicted octanol–water partition coefficient (Wildman–Crippen LogP) is 3.12. The van der Waals surface area contributed by atoms with E-state index in [1.807, 2.05) is 27.7 Å². The van der Waals surface area contributed by atoms with Crippen LogP contribution in [0.3, 0.4) is 0 Å². The van der Waals surface area contributed by atoms with E-state index < -0.39 is 30.0 Å². The zero-order valence-electron chi connectivity index (χ0n) is 12.9. The van der Waals surface area contributed by atoms with Crippen LogP contribution in [0.2, 0.25) is 0 Å². The van der Waals surface area contributed by atoms with Gasteiger partial charge in [0.25, 0.3) is 0 Å².